The van der Waals surface area contributed by atoms with Crippen molar-refractivity contribution < 1.29 is 0 Å². The normalized spacial score (nSPS) is 27.1. The van der Waals surface area contributed by atoms with Gasteiger partial charge in [0.1, 0.15) is 0 Å². The van der Waals surface area contributed by atoms with Gasteiger partial charge in [-0.3, -0.25) is 4.68 Å². The number of hydrogen-bond donors (Lipinski definition) is 0. The topological polar surface area (TPSA) is 17.8 Å². The van der Waals surface area contributed by atoms with Crippen LogP contribution in [0.3, 0.4) is 0 Å². The summed E-state index contributed by atoms with van der Waals surface area (Å²) < 4.78 is 1.93. The molecule has 2 rings (SSSR count). The Kier molecular flexibility index (Phi) is 5.00. The van der Waals surface area contributed by atoms with Crippen molar-refractivity contribution in [1.29, 1.82) is 0 Å². The van der Waals surface area contributed by atoms with E-state index in [4.69, 9.17) is 23.2 Å². The molecule has 0 amide bonds. The summed E-state index contributed by atoms with van der Waals surface area (Å²) in [6.45, 7) is 9.03. The fraction of sp³-hybridized carbons (Fsp3) is 0.824. The Morgan fingerprint density at radius 2 is 1.86 bits per heavy atom. The zero-order chi connectivity index (χ0) is 15.8. The van der Waals surface area contributed by atoms with Crippen LogP contribution in [0.5, 0.6) is 0 Å². The molecule has 1 saturated carbocycles. The summed E-state index contributed by atoms with van der Waals surface area (Å²) >= 11 is 12.8. The molecule has 0 radical (unpaired) electrons. The molecule has 4 heteroatoms. The van der Waals surface area contributed by atoms with Gasteiger partial charge in [-0.15, -0.1) is 11.6 Å². The van der Waals surface area contributed by atoms with E-state index in [1.165, 1.54) is 25.7 Å². The van der Waals surface area contributed by atoms with Crippen molar-refractivity contribution in [3.8, 4) is 0 Å². The van der Waals surface area contributed by atoms with Crippen LogP contribution in [0.4, 0.5) is 0 Å². The molecule has 0 saturated heterocycles. The maximum atomic E-state index is 6.43. The highest BCUT2D eigenvalue weighted by Gasteiger charge is 2.39. The Bertz CT molecular complexity index is 492. The van der Waals surface area contributed by atoms with E-state index in [1.807, 2.05) is 18.7 Å². The average molecular weight is 331 g/mol. The van der Waals surface area contributed by atoms with Crippen LogP contribution in [-0.2, 0) is 13.5 Å². The van der Waals surface area contributed by atoms with Gasteiger partial charge in [-0.25, -0.2) is 0 Å². The first-order valence-corrected chi connectivity index (χ1v) is 8.84. The fourth-order valence-corrected chi connectivity index (χ4v) is 4.27. The van der Waals surface area contributed by atoms with Crippen LogP contribution in [0.1, 0.15) is 57.8 Å². The molecule has 1 heterocycles. The van der Waals surface area contributed by atoms with Gasteiger partial charge in [-0.05, 0) is 55.8 Å². The van der Waals surface area contributed by atoms with Gasteiger partial charge in [0, 0.05) is 12.9 Å². The summed E-state index contributed by atoms with van der Waals surface area (Å²) in [5, 5.41) is 5.26. The lowest BCUT2D eigenvalue weighted by Gasteiger charge is -2.43. The standard InChI is InChI=1S/C17H28Cl2N2/c1-12-15(19)14(21(5)20-12)10-17(11-18)8-6-13(7-9-17)16(2,3)4/h13H,6-11H2,1-5H3. The first kappa shape index (κ1) is 17.1. The van der Waals surface area contributed by atoms with Crippen molar-refractivity contribution in [2.75, 3.05) is 5.88 Å². The van der Waals surface area contributed by atoms with Gasteiger partial charge in [0.25, 0.3) is 0 Å². The third-order valence-corrected chi connectivity index (χ3v) is 6.42. The minimum absolute atomic E-state index is 0.188. The molecule has 1 aromatic heterocycles. The quantitative estimate of drug-likeness (QED) is 0.679. The van der Waals surface area contributed by atoms with Crippen molar-refractivity contribution in [2.24, 2.45) is 23.8 Å². The lowest BCUT2D eigenvalue weighted by Crippen LogP contribution is -2.35. The van der Waals surface area contributed by atoms with Gasteiger partial charge in [-0.1, -0.05) is 32.4 Å². The third kappa shape index (κ3) is 3.59. The molecule has 120 valence electrons. The zero-order valence-electron chi connectivity index (χ0n) is 14.0. The van der Waals surface area contributed by atoms with E-state index >= 15 is 0 Å². The van der Waals surface area contributed by atoms with Gasteiger partial charge in [0.15, 0.2) is 0 Å². The highest BCUT2D eigenvalue weighted by Crippen LogP contribution is 2.48. The molecule has 21 heavy (non-hydrogen) atoms. The second kappa shape index (κ2) is 6.12. The molecule has 0 atom stereocenters. The van der Waals surface area contributed by atoms with Crippen LogP contribution in [0.15, 0.2) is 0 Å². The number of nitrogens with zero attached hydrogens (tertiary/aromatic N) is 2. The largest absolute Gasteiger partial charge is 0.271 e. The van der Waals surface area contributed by atoms with E-state index in [-0.39, 0.29) is 5.41 Å². The van der Waals surface area contributed by atoms with Crippen molar-refractivity contribution in [1.82, 2.24) is 9.78 Å². The second-order valence-corrected chi connectivity index (χ2v) is 8.57. The zero-order valence-corrected chi connectivity index (χ0v) is 15.5. The second-order valence-electron chi connectivity index (χ2n) is 7.92. The average Bonchev–Trinajstić information content (AvgIpc) is 2.65. The van der Waals surface area contributed by atoms with E-state index in [0.717, 1.165) is 28.7 Å². The summed E-state index contributed by atoms with van der Waals surface area (Å²) in [7, 11) is 1.98. The van der Waals surface area contributed by atoms with Crippen molar-refractivity contribution in [2.45, 2.75) is 59.8 Å². The molecule has 1 aliphatic rings. The van der Waals surface area contributed by atoms with Gasteiger partial charge >= 0.3 is 0 Å². The van der Waals surface area contributed by atoms with Gasteiger partial charge in [0.2, 0.25) is 0 Å². The van der Waals surface area contributed by atoms with Crippen molar-refractivity contribution >= 4 is 23.2 Å². The van der Waals surface area contributed by atoms with Crippen LogP contribution in [0.25, 0.3) is 0 Å². The summed E-state index contributed by atoms with van der Waals surface area (Å²) in [6.07, 6.45) is 5.87. The summed E-state index contributed by atoms with van der Waals surface area (Å²) in [6, 6.07) is 0. The Morgan fingerprint density at radius 3 is 2.24 bits per heavy atom. The van der Waals surface area contributed by atoms with E-state index in [9.17, 15) is 0 Å². The molecular formula is C17H28Cl2N2. The molecule has 0 unspecified atom stereocenters. The number of alkyl halides is 1. The molecule has 0 aromatic carbocycles. The maximum Gasteiger partial charge on any atom is 0.0847 e. The Labute approximate surface area is 139 Å². The number of halogens is 2. The number of aryl methyl sites for hydroxylation is 2. The Morgan fingerprint density at radius 1 is 1.29 bits per heavy atom. The van der Waals surface area contributed by atoms with E-state index < -0.39 is 0 Å². The molecule has 2 nitrogen and oxygen atoms in total. The smallest absolute Gasteiger partial charge is 0.0847 e. The molecule has 1 fully saturated rings. The minimum Gasteiger partial charge on any atom is -0.271 e. The molecule has 0 spiro atoms. The first-order valence-electron chi connectivity index (χ1n) is 7.92. The van der Waals surface area contributed by atoms with Crippen LogP contribution >= 0.6 is 23.2 Å². The summed E-state index contributed by atoms with van der Waals surface area (Å²) in [5.41, 5.74) is 2.65. The molecule has 1 aromatic rings. The van der Waals surface area contributed by atoms with Crippen molar-refractivity contribution in [3.05, 3.63) is 16.4 Å². The van der Waals surface area contributed by atoms with Crippen LogP contribution in [0, 0.1) is 23.7 Å². The molecule has 0 aliphatic heterocycles. The van der Waals surface area contributed by atoms with Crippen LogP contribution < -0.4 is 0 Å². The van der Waals surface area contributed by atoms with Crippen LogP contribution in [-0.4, -0.2) is 15.7 Å². The van der Waals surface area contributed by atoms with E-state index in [1.54, 1.807) is 0 Å². The SMILES string of the molecule is Cc1nn(C)c(CC2(CCl)CCC(C(C)(C)C)CC2)c1Cl. The highest BCUT2D eigenvalue weighted by atomic mass is 35.5. The predicted molar refractivity (Wildman–Crippen MR) is 91.2 cm³/mol. The van der Waals surface area contributed by atoms with Crippen LogP contribution in [0.2, 0.25) is 5.02 Å². The molecule has 0 N–H and O–H groups in total. The Hall–Kier alpha value is -0.210. The third-order valence-electron chi connectivity index (χ3n) is 5.36. The highest BCUT2D eigenvalue weighted by molar-refractivity contribution is 6.31. The lowest BCUT2D eigenvalue weighted by atomic mass is 9.63. The minimum atomic E-state index is 0.188. The number of rotatable bonds is 3. The maximum absolute atomic E-state index is 6.43. The van der Waals surface area contributed by atoms with E-state index in [2.05, 4.69) is 25.9 Å². The van der Waals surface area contributed by atoms with Gasteiger partial charge in [-0.2, -0.15) is 5.10 Å². The molecule has 1 aliphatic carbocycles. The van der Waals surface area contributed by atoms with Crippen molar-refractivity contribution in [3.63, 3.8) is 0 Å². The lowest BCUT2D eigenvalue weighted by molar-refractivity contribution is 0.101. The molecular weight excluding hydrogens is 303 g/mol. The number of aromatic nitrogens is 2. The predicted octanol–water partition coefficient (Wildman–Crippen LogP) is 5.39. The fourth-order valence-electron chi connectivity index (χ4n) is 3.68. The summed E-state index contributed by atoms with van der Waals surface area (Å²) in [5.74, 6) is 1.52. The number of hydrogen-bond acceptors (Lipinski definition) is 1. The monoisotopic (exact) mass is 330 g/mol. The first-order chi connectivity index (χ1) is 9.68. The summed E-state index contributed by atoms with van der Waals surface area (Å²) in [4.78, 5) is 0. The van der Waals surface area contributed by atoms with Gasteiger partial charge < -0.3 is 0 Å². The van der Waals surface area contributed by atoms with E-state index in [0.29, 0.717) is 11.3 Å². The van der Waals surface area contributed by atoms with Gasteiger partial charge in [0.05, 0.1) is 16.4 Å². The Balaban J connectivity index is 2.14. The molecule has 0 bridgehead atoms.